The van der Waals surface area contributed by atoms with Gasteiger partial charge in [-0.2, -0.15) is 0 Å². The highest BCUT2D eigenvalue weighted by Gasteiger charge is 2.84. The Labute approximate surface area is 235 Å². The van der Waals surface area contributed by atoms with E-state index in [1.807, 2.05) is 6.92 Å². The van der Waals surface area contributed by atoms with Crippen LogP contribution in [0.5, 0.6) is 0 Å². The second kappa shape index (κ2) is 8.67. The molecule has 0 radical (unpaired) electrons. The van der Waals surface area contributed by atoms with Crippen molar-refractivity contribution in [3.8, 4) is 0 Å². The largest absolute Gasteiger partial charge is 0.461 e. The number of hydrogen-bond donors (Lipinski definition) is 2. The third-order valence-electron chi connectivity index (χ3n) is 14.7. The lowest BCUT2D eigenvalue weighted by Gasteiger charge is -2.63. The summed E-state index contributed by atoms with van der Waals surface area (Å²) in [5.41, 5.74) is 0.623. The van der Waals surface area contributed by atoms with Gasteiger partial charge < -0.3 is 24.6 Å². The van der Waals surface area contributed by atoms with E-state index in [1.165, 1.54) is 38.5 Å². The molecule has 0 aromatic heterocycles. The van der Waals surface area contributed by atoms with Crippen molar-refractivity contribution in [3.05, 3.63) is 0 Å². The lowest BCUT2D eigenvalue weighted by atomic mass is 9.41. The second-order valence-corrected chi connectivity index (χ2v) is 16.0. The minimum Gasteiger partial charge on any atom is -0.461 e. The van der Waals surface area contributed by atoms with E-state index >= 15 is 0 Å². The van der Waals surface area contributed by atoms with Crippen LogP contribution < -0.4 is 5.32 Å². The van der Waals surface area contributed by atoms with Gasteiger partial charge in [-0.3, -0.25) is 4.79 Å². The number of aliphatic hydroxyl groups excluding tert-OH is 1. The Kier molecular flexibility index (Phi) is 6.04. The predicted molar refractivity (Wildman–Crippen MR) is 149 cm³/mol. The summed E-state index contributed by atoms with van der Waals surface area (Å²) < 4.78 is 18.7. The monoisotopic (exact) mass is 543 g/mol. The fourth-order valence-electron chi connectivity index (χ4n) is 12.7. The molecule has 6 heteroatoms. The summed E-state index contributed by atoms with van der Waals surface area (Å²) in [6.45, 7) is 16.5. The average molecular weight is 544 g/mol. The van der Waals surface area contributed by atoms with Gasteiger partial charge in [0, 0.05) is 17.4 Å². The fraction of sp³-hybridized carbons (Fsp3) is 0.970. The van der Waals surface area contributed by atoms with Crippen molar-refractivity contribution < 1.29 is 24.1 Å². The Hall–Kier alpha value is -0.690. The first-order valence-corrected chi connectivity index (χ1v) is 16.3. The predicted octanol–water partition coefficient (Wildman–Crippen LogP) is 5.11. The van der Waals surface area contributed by atoms with Crippen LogP contribution in [0.4, 0.5) is 0 Å². The summed E-state index contributed by atoms with van der Waals surface area (Å²) in [6, 6.07) is -0.0965. The lowest BCUT2D eigenvalue weighted by molar-refractivity contribution is -0.194. The number of rotatable bonds is 5. The zero-order valence-electron chi connectivity index (χ0n) is 25.3. The van der Waals surface area contributed by atoms with E-state index in [4.69, 9.17) is 14.2 Å². The van der Waals surface area contributed by atoms with E-state index in [2.05, 4.69) is 39.9 Å². The Bertz CT molecular complexity index is 1010. The Morgan fingerprint density at radius 3 is 2.44 bits per heavy atom. The van der Waals surface area contributed by atoms with Crippen molar-refractivity contribution in [1.29, 1.82) is 0 Å². The van der Waals surface area contributed by atoms with Crippen LogP contribution in [-0.4, -0.2) is 61.3 Å². The molecule has 13 unspecified atom stereocenters. The molecule has 2 spiro atoms. The minimum absolute atomic E-state index is 0.0122. The summed E-state index contributed by atoms with van der Waals surface area (Å²) in [5, 5.41) is 15.5. The molecule has 5 saturated carbocycles. The molecule has 0 bridgehead atoms. The van der Waals surface area contributed by atoms with Crippen molar-refractivity contribution in [2.45, 2.75) is 130 Å². The molecule has 220 valence electrons. The molecular formula is C33H53NO5. The highest BCUT2D eigenvalue weighted by Crippen LogP contribution is 2.89. The standard InChI is InChI=1S/C33H53NO5/c1-7-37-17-20-16-19(2)25-26(38-20)27(35)31(6)23-9-8-22-29(3,4)24(39-28(36)21-11-15-34-21)10-12-32(22)18-33(23,32)14-13-30(25,31)5/h19-27,34-35H,7-18H2,1-6H3. The topological polar surface area (TPSA) is 77.0 Å². The number of hydrogen-bond acceptors (Lipinski definition) is 6. The molecule has 0 aromatic rings. The van der Waals surface area contributed by atoms with E-state index in [1.54, 1.807) is 0 Å². The highest BCUT2D eigenvalue weighted by atomic mass is 16.6. The van der Waals surface area contributed by atoms with Crippen LogP contribution >= 0.6 is 0 Å². The molecule has 7 aliphatic rings. The number of ether oxygens (including phenoxy) is 3. The molecule has 6 nitrogen and oxygen atoms in total. The van der Waals surface area contributed by atoms with E-state index < -0.39 is 6.10 Å². The molecule has 0 aromatic carbocycles. The number of carbonyl (C=O) groups excluding carboxylic acids is 1. The van der Waals surface area contributed by atoms with Crippen molar-refractivity contribution in [3.63, 3.8) is 0 Å². The Morgan fingerprint density at radius 2 is 1.74 bits per heavy atom. The van der Waals surface area contributed by atoms with Crippen LogP contribution in [0.2, 0.25) is 0 Å². The fourth-order valence-corrected chi connectivity index (χ4v) is 12.7. The normalized spacial score (nSPS) is 56.6. The molecule has 13 atom stereocenters. The number of fused-ring (bicyclic) bond motifs is 4. The molecule has 2 heterocycles. The van der Waals surface area contributed by atoms with Crippen LogP contribution in [-0.2, 0) is 19.0 Å². The van der Waals surface area contributed by atoms with Gasteiger partial charge in [0.15, 0.2) is 0 Å². The van der Waals surface area contributed by atoms with E-state index in [0.717, 1.165) is 25.8 Å². The van der Waals surface area contributed by atoms with Gasteiger partial charge in [-0.05, 0) is 111 Å². The summed E-state index contributed by atoms with van der Waals surface area (Å²) in [7, 11) is 0. The smallest absolute Gasteiger partial charge is 0.323 e. The van der Waals surface area contributed by atoms with Crippen LogP contribution in [0, 0.1) is 50.7 Å². The maximum atomic E-state index is 12.8. The first kappa shape index (κ1) is 27.2. The molecule has 2 saturated heterocycles. The number of carbonyl (C=O) groups is 1. The molecular weight excluding hydrogens is 490 g/mol. The summed E-state index contributed by atoms with van der Waals surface area (Å²) in [5.74, 6) is 2.02. The maximum absolute atomic E-state index is 12.8. The third-order valence-corrected chi connectivity index (χ3v) is 14.7. The average Bonchev–Trinajstić information content (AvgIpc) is 3.48. The minimum atomic E-state index is -0.420. The van der Waals surface area contributed by atoms with E-state index in [9.17, 15) is 9.90 Å². The number of aliphatic hydroxyl groups is 1. The van der Waals surface area contributed by atoms with Gasteiger partial charge in [-0.1, -0.05) is 34.6 Å². The Morgan fingerprint density at radius 1 is 1.03 bits per heavy atom. The number of nitrogens with one attached hydrogen (secondary N) is 1. The van der Waals surface area contributed by atoms with Crippen molar-refractivity contribution in [1.82, 2.24) is 5.32 Å². The molecule has 7 fully saturated rings. The van der Waals surface area contributed by atoms with Crippen molar-refractivity contribution >= 4 is 5.97 Å². The molecule has 39 heavy (non-hydrogen) atoms. The SMILES string of the molecule is CCOCC1CC(C)C2C(O1)C(O)C1(C)C3CCC4C(C)(C)C(OC(=O)C5CCN5)CCC45CC35CCC21C. The van der Waals surface area contributed by atoms with Gasteiger partial charge in [0.2, 0.25) is 0 Å². The van der Waals surface area contributed by atoms with E-state index in [0.29, 0.717) is 47.7 Å². The molecule has 2 N–H and O–H groups in total. The molecule has 2 aliphatic heterocycles. The van der Waals surface area contributed by atoms with Crippen LogP contribution in [0.3, 0.4) is 0 Å². The summed E-state index contributed by atoms with van der Waals surface area (Å²) in [4.78, 5) is 12.8. The highest BCUT2D eigenvalue weighted by molar-refractivity contribution is 5.77. The van der Waals surface area contributed by atoms with Crippen LogP contribution in [0.15, 0.2) is 0 Å². The van der Waals surface area contributed by atoms with Crippen molar-refractivity contribution in [2.75, 3.05) is 19.8 Å². The molecule has 5 aliphatic carbocycles. The summed E-state index contributed by atoms with van der Waals surface area (Å²) in [6.07, 6.45) is 9.86. The molecule has 7 rings (SSSR count). The maximum Gasteiger partial charge on any atom is 0.323 e. The second-order valence-electron chi connectivity index (χ2n) is 16.0. The third kappa shape index (κ3) is 3.27. The first-order valence-electron chi connectivity index (χ1n) is 16.3. The quantitative estimate of drug-likeness (QED) is 0.470. The number of esters is 1. The van der Waals surface area contributed by atoms with Crippen molar-refractivity contribution in [2.24, 2.45) is 50.7 Å². The first-order chi connectivity index (χ1) is 18.5. The molecule has 0 amide bonds. The van der Waals surface area contributed by atoms with Crippen LogP contribution in [0.25, 0.3) is 0 Å². The van der Waals surface area contributed by atoms with Gasteiger partial charge in [0.25, 0.3) is 0 Å². The van der Waals surface area contributed by atoms with Gasteiger partial charge in [-0.15, -0.1) is 0 Å². The lowest BCUT2D eigenvalue weighted by Crippen LogP contribution is -2.60. The zero-order chi connectivity index (χ0) is 27.6. The van der Waals surface area contributed by atoms with Gasteiger partial charge >= 0.3 is 5.97 Å². The van der Waals surface area contributed by atoms with Gasteiger partial charge in [-0.25, -0.2) is 0 Å². The van der Waals surface area contributed by atoms with Crippen LogP contribution in [0.1, 0.15) is 99.3 Å². The van der Waals surface area contributed by atoms with Gasteiger partial charge in [0.1, 0.15) is 12.1 Å². The summed E-state index contributed by atoms with van der Waals surface area (Å²) >= 11 is 0. The Balaban J connectivity index is 1.16. The van der Waals surface area contributed by atoms with Gasteiger partial charge in [0.05, 0.1) is 24.9 Å². The zero-order valence-corrected chi connectivity index (χ0v) is 25.3. The van der Waals surface area contributed by atoms with E-state index in [-0.39, 0.29) is 46.6 Å².